The van der Waals surface area contributed by atoms with E-state index in [0.29, 0.717) is 30.8 Å². The fourth-order valence-corrected chi connectivity index (χ4v) is 4.49. The highest BCUT2D eigenvalue weighted by Crippen LogP contribution is 2.30. The van der Waals surface area contributed by atoms with Crippen LogP contribution in [-0.2, 0) is 19.6 Å². The van der Waals surface area contributed by atoms with Gasteiger partial charge in [0.05, 0.1) is 37.5 Å². The molecule has 0 saturated carbocycles. The van der Waals surface area contributed by atoms with Crippen molar-refractivity contribution < 1.29 is 8.83 Å². The second-order valence-corrected chi connectivity index (χ2v) is 7.87. The molecule has 0 aliphatic rings. The molecule has 4 aromatic heterocycles. The fraction of sp³-hybridized carbons (Fsp3) is 0.130. The van der Waals surface area contributed by atoms with Crippen LogP contribution in [0.25, 0.3) is 21.3 Å². The topological polar surface area (TPSA) is 75.3 Å². The van der Waals surface area contributed by atoms with Gasteiger partial charge in [0.15, 0.2) is 0 Å². The maximum absolute atomic E-state index is 12.9. The smallest absolute Gasteiger partial charge is 0.260 e. The Hall–Kier alpha value is -3.42. The van der Waals surface area contributed by atoms with Crippen molar-refractivity contribution in [3.63, 3.8) is 0 Å². The van der Waals surface area contributed by atoms with E-state index in [1.165, 1.54) is 11.3 Å². The Labute approximate surface area is 176 Å². The number of rotatable bonds is 7. The van der Waals surface area contributed by atoms with Gasteiger partial charge in [-0.3, -0.25) is 9.69 Å². The van der Waals surface area contributed by atoms with E-state index in [0.717, 1.165) is 27.5 Å². The number of nitrogens with zero attached hydrogens (tertiary/aromatic N) is 2. The van der Waals surface area contributed by atoms with Crippen LogP contribution in [0.2, 0.25) is 0 Å². The molecule has 0 spiro atoms. The molecule has 6 nitrogen and oxygen atoms in total. The lowest BCUT2D eigenvalue weighted by Crippen LogP contribution is -2.25. The van der Waals surface area contributed by atoms with Gasteiger partial charge in [0.2, 0.25) is 0 Å². The van der Waals surface area contributed by atoms with Crippen molar-refractivity contribution in [1.82, 2.24) is 14.9 Å². The van der Waals surface area contributed by atoms with Gasteiger partial charge in [0.1, 0.15) is 22.2 Å². The summed E-state index contributed by atoms with van der Waals surface area (Å²) < 4.78 is 11.0. The third-order valence-corrected chi connectivity index (χ3v) is 5.74. The first-order chi connectivity index (χ1) is 14.8. The van der Waals surface area contributed by atoms with E-state index in [9.17, 15) is 4.79 Å². The summed E-state index contributed by atoms with van der Waals surface area (Å²) >= 11 is 1.49. The molecule has 1 N–H and O–H groups in total. The molecular formula is C23H19N3O3S. The van der Waals surface area contributed by atoms with Gasteiger partial charge in [-0.2, -0.15) is 0 Å². The minimum Gasteiger partial charge on any atom is -0.468 e. The number of aromatic amines is 1. The van der Waals surface area contributed by atoms with Gasteiger partial charge < -0.3 is 13.8 Å². The first kappa shape index (κ1) is 18.6. The van der Waals surface area contributed by atoms with Crippen LogP contribution < -0.4 is 5.56 Å². The highest BCUT2D eigenvalue weighted by molar-refractivity contribution is 7.17. The summed E-state index contributed by atoms with van der Waals surface area (Å²) in [6.45, 7) is 1.62. The monoisotopic (exact) mass is 417 g/mol. The average Bonchev–Trinajstić information content (AvgIpc) is 3.50. The summed E-state index contributed by atoms with van der Waals surface area (Å²) in [5.41, 5.74) is 1.81. The van der Waals surface area contributed by atoms with Gasteiger partial charge in [0.25, 0.3) is 5.56 Å². The summed E-state index contributed by atoms with van der Waals surface area (Å²) in [6.07, 6.45) is 3.31. The number of fused-ring (bicyclic) bond motifs is 1. The number of thiophene rings is 1. The minimum absolute atomic E-state index is 0.119. The zero-order valence-electron chi connectivity index (χ0n) is 16.1. The van der Waals surface area contributed by atoms with Crippen molar-refractivity contribution in [2.75, 3.05) is 0 Å². The molecule has 4 heterocycles. The van der Waals surface area contributed by atoms with E-state index in [1.54, 1.807) is 12.5 Å². The lowest BCUT2D eigenvalue weighted by molar-refractivity contribution is 0.205. The van der Waals surface area contributed by atoms with Crippen LogP contribution in [0.1, 0.15) is 17.3 Å². The number of benzene rings is 1. The molecule has 0 atom stereocenters. The molecule has 0 saturated heterocycles. The second kappa shape index (κ2) is 8.14. The molecule has 5 rings (SSSR count). The van der Waals surface area contributed by atoms with Crippen LogP contribution >= 0.6 is 11.3 Å². The Balaban J connectivity index is 1.46. The number of H-pyrrole nitrogens is 1. The molecule has 5 aromatic rings. The van der Waals surface area contributed by atoms with Crippen LogP contribution in [0.3, 0.4) is 0 Å². The van der Waals surface area contributed by atoms with Crippen molar-refractivity contribution in [3.8, 4) is 11.1 Å². The third kappa shape index (κ3) is 3.85. The largest absolute Gasteiger partial charge is 0.468 e. The molecule has 0 amide bonds. The molecule has 30 heavy (non-hydrogen) atoms. The molecule has 0 aliphatic heterocycles. The van der Waals surface area contributed by atoms with Crippen LogP contribution in [0, 0.1) is 0 Å². The number of furan rings is 2. The van der Waals surface area contributed by atoms with Gasteiger partial charge in [-0.15, -0.1) is 11.3 Å². The number of nitrogens with one attached hydrogen (secondary N) is 1. The van der Waals surface area contributed by atoms with Gasteiger partial charge in [-0.05, 0) is 29.8 Å². The highest BCUT2D eigenvalue weighted by Gasteiger charge is 2.16. The molecule has 7 heteroatoms. The molecule has 0 aliphatic carbocycles. The lowest BCUT2D eigenvalue weighted by Gasteiger charge is -2.19. The van der Waals surface area contributed by atoms with Crippen LogP contribution in [-0.4, -0.2) is 14.9 Å². The lowest BCUT2D eigenvalue weighted by atomic mass is 10.1. The number of hydrogen-bond donors (Lipinski definition) is 1. The first-order valence-corrected chi connectivity index (χ1v) is 10.5. The summed E-state index contributed by atoms with van der Waals surface area (Å²) in [4.78, 5) is 23.5. The summed E-state index contributed by atoms with van der Waals surface area (Å²) in [6, 6.07) is 17.5. The SMILES string of the molecule is O=c1[nH]c(CN(Cc2ccco2)Cc2ccco2)nc2scc(-c3ccccc3)c12. The molecular weight excluding hydrogens is 398 g/mol. The molecule has 150 valence electrons. The van der Waals surface area contributed by atoms with Crippen molar-refractivity contribution in [3.05, 3.63) is 100 Å². The zero-order chi connectivity index (χ0) is 20.3. The summed E-state index contributed by atoms with van der Waals surface area (Å²) in [5, 5.41) is 2.63. The Morgan fingerprint density at radius 3 is 2.23 bits per heavy atom. The maximum Gasteiger partial charge on any atom is 0.260 e. The van der Waals surface area contributed by atoms with E-state index in [-0.39, 0.29) is 5.56 Å². The quantitative estimate of drug-likeness (QED) is 0.401. The highest BCUT2D eigenvalue weighted by atomic mass is 32.1. The van der Waals surface area contributed by atoms with Gasteiger partial charge >= 0.3 is 0 Å². The van der Waals surface area contributed by atoms with E-state index in [2.05, 4.69) is 9.88 Å². The van der Waals surface area contributed by atoms with Crippen molar-refractivity contribution >= 4 is 21.6 Å². The van der Waals surface area contributed by atoms with Crippen molar-refractivity contribution in [1.29, 1.82) is 0 Å². The van der Waals surface area contributed by atoms with Crippen LogP contribution in [0.5, 0.6) is 0 Å². The molecule has 0 fully saturated rings. The average molecular weight is 417 g/mol. The van der Waals surface area contributed by atoms with E-state index in [4.69, 9.17) is 13.8 Å². The number of hydrogen-bond acceptors (Lipinski definition) is 6. The van der Waals surface area contributed by atoms with Crippen LogP contribution in [0.4, 0.5) is 0 Å². The Morgan fingerprint density at radius 1 is 0.900 bits per heavy atom. The summed E-state index contributed by atoms with van der Waals surface area (Å²) in [7, 11) is 0. The van der Waals surface area contributed by atoms with E-state index >= 15 is 0 Å². The fourth-order valence-electron chi connectivity index (χ4n) is 3.52. The molecule has 0 unspecified atom stereocenters. The van der Waals surface area contributed by atoms with E-state index in [1.807, 2.05) is 60.0 Å². The van der Waals surface area contributed by atoms with Gasteiger partial charge in [-0.1, -0.05) is 30.3 Å². The summed E-state index contributed by atoms with van der Waals surface area (Å²) in [5.74, 6) is 2.30. The van der Waals surface area contributed by atoms with Crippen LogP contribution in [0.15, 0.2) is 86.1 Å². The Bertz CT molecular complexity index is 1250. The third-order valence-electron chi connectivity index (χ3n) is 4.87. The second-order valence-electron chi connectivity index (χ2n) is 7.01. The van der Waals surface area contributed by atoms with Gasteiger partial charge in [-0.25, -0.2) is 4.98 Å². The van der Waals surface area contributed by atoms with E-state index < -0.39 is 0 Å². The zero-order valence-corrected chi connectivity index (χ0v) is 16.9. The minimum atomic E-state index is -0.119. The Morgan fingerprint density at radius 2 is 1.60 bits per heavy atom. The maximum atomic E-state index is 12.9. The first-order valence-electron chi connectivity index (χ1n) is 9.59. The Kier molecular flexibility index (Phi) is 5.04. The molecule has 1 aromatic carbocycles. The standard InChI is InChI=1S/C23H19N3O3S/c27-22-21-19(16-6-2-1-3-7-16)15-30-23(21)25-20(24-22)14-26(12-17-8-4-10-28-17)13-18-9-5-11-29-18/h1-11,15H,12-14H2,(H,24,25,27). The predicted molar refractivity (Wildman–Crippen MR) is 116 cm³/mol. The molecule has 0 radical (unpaired) electrons. The van der Waals surface area contributed by atoms with Crippen molar-refractivity contribution in [2.24, 2.45) is 0 Å². The van der Waals surface area contributed by atoms with Gasteiger partial charge in [0, 0.05) is 10.9 Å². The molecule has 0 bridgehead atoms. The normalized spacial score (nSPS) is 11.5. The predicted octanol–water partition coefficient (Wildman–Crippen LogP) is 5.04. The van der Waals surface area contributed by atoms with Crippen molar-refractivity contribution in [2.45, 2.75) is 19.6 Å². The number of aromatic nitrogens is 2.